The molecular weight excluding hydrogens is 865 g/mol. The van der Waals surface area contributed by atoms with E-state index in [-0.39, 0.29) is 31.1 Å². The van der Waals surface area contributed by atoms with E-state index in [0.29, 0.717) is 19.3 Å². The molecule has 0 radical (unpaired) electrons. The molecule has 0 aliphatic heterocycles. The van der Waals surface area contributed by atoms with Crippen LogP contribution in [0.1, 0.15) is 362 Å². The summed E-state index contributed by atoms with van der Waals surface area (Å²) < 4.78 is 16.9. The summed E-state index contributed by atoms with van der Waals surface area (Å²) in [5.74, 6) is 0.870. The van der Waals surface area contributed by atoms with Crippen LogP contribution in [0.2, 0.25) is 0 Å². The fourth-order valence-corrected chi connectivity index (χ4v) is 9.90. The normalized spacial score (nSPS) is 12.4. The van der Waals surface area contributed by atoms with E-state index in [2.05, 4.69) is 34.6 Å². The van der Waals surface area contributed by atoms with Crippen LogP contribution in [0.4, 0.5) is 0 Å². The Kier molecular flexibility index (Phi) is 55.4. The minimum Gasteiger partial charge on any atom is -0.462 e. The number of hydrogen-bond acceptors (Lipinski definition) is 6. The molecule has 6 nitrogen and oxygen atoms in total. The first-order valence-corrected chi connectivity index (χ1v) is 31.8. The highest BCUT2D eigenvalue weighted by Gasteiger charge is 2.19. The molecule has 0 N–H and O–H groups in total. The van der Waals surface area contributed by atoms with E-state index in [0.717, 1.165) is 69.6 Å². The van der Waals surface area contributed by atoms with E-state index in [1.54, 1.807) is 0 Å². The quantitative estimate of drug-likeness (QED) is 0.0343. The third-order valence-corrected chi connectivity index (χ3v) is 15.1. The summed E-state index contributed by atoms with van der Waals surface area (Å²) in [6.45, 7) is 11.4. The number of esters is 3. The molecule has 2 atom stereocenters. The molecule has 0 heterocycles. The molecule has 0 aromatic rings. The van der Waals surface area contributed by atoms with Gasteiger partial charge in [0.1, 0.15) is 13.2 Å². The van der Waals surface area contributed by atoms with Gasteiger partial charge in [0.15, 0.2) is 6.10 Å². The topological polar surface area (TPSA) is 78.9 Å². The van der Waals surface area contributed by atoms with E-state index in [1.165, 1.54) is 250 Å². The van der Waals surface area contributed by atoms with Gasteiger partial charge >= 0.3 is 17.9 Å². The second-order valence-electron chi connectivity index (χ2n) is 22.8. The third-order valence-electron chi connectivity index (χ3n) is 15.1. The van der Waals surface area contributed by atoms with Gasteiger partial charge in [-0.3, -0.25) is 14.4 Å². The third kappa shape index (κ3) is 55.7. The first-order chi connectivity index (χ1) is 34.3. The Labute approximate surface area is 438 Å². The van der Waals surface area contributed by atoms with E-state index >= 15 is 0 Å². The predicted octanol–water partition coefficient (Wildman–Crippen LogP) is 21.2. The van der Waals surface area contributed by atoms with Crippen molar-refractivity contribution in [1.29, 1.82) is 0 Å². The molecule has 0 saturated heterocycles. The fourth-order valence-electron chi connectivity index (χ4n) is 9.90. The maximum absolute atomic E-state index is 12.9. The molecule has 6 heteroatoms. The van der Waals surface area contributed by atoms with Crippen LogP contribution >= 0.6 is 0 Å². The molecule has 0 aliphatic rings. The predicted molar refractivity (Wildman–Crippen MR) is 303 cm³/mol. The van der Waals surface area contributed by atoms with Crippen molar-refractivity contribution < 1.29 is 28.6 Å². The molecule has 0 rings (SSSR count). The molecule has 0 spiro atoms. The van der Waals surface area contributed by atoms with Gasteiger partial charge in [-0.2, -0.15) is 0 Å². The van der Waals surface area contributed by atoms with Crippen molar-refractivity contribution in [3.05, 3.63) is 0 Å². The lowest BCUT2D eigenvalue weighted by molar-refractivity contribution is -0.167. The van der Waals surface area contributed by atoms with Crippen LogP contribution in [0.5, 0.6) is 0 Å². The Morgan fingerprint density at radius 1 is 0.300 bits per heavy atom. The second kappa shape index (κ2) is 56.7. The van der Waals surface area contributed by atoms with Gasteiger partial charge in [0, 0.05) is 19.3 Å². The lowest BCUT2D eigenvalue weighted by Crippen LogP contribution is -2.30. The number of rotatable bonds is 58. The highest BCUT2D eigenvalue weighted by Crippen LogP contribution is 2.19. The molecular formula is C64H124O6. The Balaban J connectivity index is 4.21. The van der Waals surface area contributed by atoms with Crippen molar-refractivity contribution in [2.45, 2.75) is 368 Å². The van der Waals surface area contributed by atoms with Crippen LogP contribution in [0.15, 0.2) is 0 Å². The molecule has 1 unspecified atom stereocenters. The van der Waals surface area contributed by atoms with Gasteiger partial charge in [0.25, 0.3) is 0 Å². The van der Waals surface area contributed by atoms with Gasteiger partial charge in [0.05, 0.1) is 0 Å². The van der Waals surface area contributed by atoms with E-state index < -0.39 is 6.10 Å². The van der Waals surface area contributed by atoms with Crippen LogP contribution in [0.3, 0.4) is 0 Å². The smallest absolute Gasteiger partial charge is 0.306 e. The Morgan fingerprint density at radius 2 is 0.543 bits per heavy atom. The summed E-state index contributed by atoms with van der Waals surface area (Å²) in [5, 5.41) is 0. The van der Waals surface area contributed by atoms with E-state index in [9.17, 15) is 14.4 Å². The summed E-state index contributed by atoms with van der Waals surface area (Å²) in [4.78, 5) is 38.2. The molecule has 0 aromatic carbocycles. The lowest BCUT2D eigenvalue weighted by atomic mass is 9.99. The molecule has 0 aliphatic carbocycles. The second-order valence-corrected chi connectivity index (χ2v) is 22.8. The molecule has 0 fully saturated rings. The molecule has 0 bridgehead atoms. The highest BCUT2D eigenvalue weighted by atomic mass is 16.6. The van der Waals surface area contributed by atoms with Crippen molar-refractivity contribution >= 4 is 17.9 Å². The molecule has 0 aromatic heterocycles. The average molecular weight is 990 g/mol. The number of unbranched alkanes of at least 4 members (excludes halogenated alkanes) is 42. The summed E-state index contributed by atoms with van der Waals surface area (Å²) in [7, 11) is 0. The first kappa shape index (κ1) is 68.4. The van der Waals surface area contributed by atoms with Crippen LogP contribution in [-0.2, 0) is 28.6 Å². The van der Waals surface area contributed by atoms with Crippen LogP contribution in [0, 0.1) is 11.8 Å². The zero-order valence-corrected chi connectivity index (χ0v) is 48.2. The van der Waals surface area contributed by atoms with Gasteiger partial charge < -0.3 is 14.2 Å². The number of carbonyl (C=O) groups excluding carboxylic acids is 3. The monoisotopic (exact) mass is 989 g/mol. The zero-order chi connectivity index (χ0) is 51.1. The van der Waals surface area contributed by atoms with Crippen molar-refractivity contribution in [3.63, 3.8) is 0 Å². The number of carbonyl (C=O) groups is 3. The maximum Gasteiger partial charge on any atom is 0.306 e. The molecule has 70 heavy (non-hydrogen) atoms. The van der Waals surface area contributed by atoms with E-state index in [4.69, 9.17) is 14.2 Å². The SMILES string of the molecule is CCCCCCCCCCCCCCCCCCCCCC(=O)O[C@H](COC(=O)CCCCCCCCCCCCCCCCCCCCC(C)CC)COC(=O)CCCCCCCCCCC(C)C. The summed E-state index contributed by atoms with van der Waals surface area (Å²) in [6, 6.07) is 0. The molecule has 0 amide bonds. The van der Waals surface area contributed by atoms with E-state index in [1.807, 2.05) is 0 Å². The number of hydrogen-bond donors (Lipinski definition) is 0. The van der Waals surface area contributed by atoms with Crippen molar-refractivity contribution in [1.82, 2.24) is 0 Å². The van der Waals surface area contributed by atoms with Crippen molar-refractivity contribution in [2.24, 2.45) is 11.8 Å². The van der Waals surface area contributed by atoms with Crippen LogP contribution in [0.25, 0.3) is 0 Å². The van der Waals surface area contributed by atoms with Gasteiger partial charge in [-0.05, 0) is 31.1 Å². The minimum atomic E-state index is -0.764. The standard InChI is InChI=1S/C64H124O6/c1-6-8-9-10-11-12-13-14-15-16-17-22-25-28-31-34-41-46-51-56-64(67)70-61(58-69-63(66)55-50-45-40-36-35-37-42-47-52-59(3)4)57-68-62(65)54-49-44-39-33-30-27-24-21-19-18-20-23-26-29-32-38-43-48-53-60(5)7-2/h59-61H,6-58H2,1-5H3/t60?,61-/m1/s1. The number of ether oxygens (including phenoxy) is 3. The maximum atomic E-state index is 12.9. The van der Waals surface area contributed by atoms with Crippen molar-refractivity contribution in [3.8, 4) is 0 Å². The van der Waals surface area contributed by atoms with Gasteiger partial charge in [0.2, 0.25) is 0 Å². The zero-order valence-electron chi connectivity index (χ0n) is 48.2. The minimum absolute atomic E-state index is 0.0625. The van der Waals surface area contributed by atoms with Crippen molar-refractivity contribution in [2.75, 3.05) is 13.2 Å². The molecule has 416 valence electrons. The lowest BCUT2D eigenvalue weighted by Gasteiger charge is -2.18. The summed E-state index contributed by atoms with van der Waals surface area (Å²) >= 11 is 0. The first-order valence-electron chi connectivity index (χ1n) is 31.8. The molecule has 0 saturated carbocycles. The fraction of sp³-hybridized carbons (Fsp3) is 0.953. The largest absolute Gasteiger partial charge is 0.462 e. The Morgan fingerprint density at radius 3 is 0.814 bits per heavy atom. The summed E-state index contributed by atoms with van der Waals surface area (Å²) in [6.07, 6.45) is 62.5. The van der Waals surface area contributed by atoms with Gasteiger partial charge in [-0.25, -0.2) is 0 Å². The average Bonchev–Trinajstić information content (AvgIpc) is 3.35. The van der Waals surface area contributed by atoms with Gasteiger partial charge in [-0.15, -0.1) is 0 Å². The Hall–Kier alpha value is -1.59. The Bertz CT molecular complexity index is 1070. The summed E-state index contributed by atoms with van der Waals surface area (Å²) in [5.41, 5.74) is 0. The van der Waals surface area contributed by atoms with Crippen LogP contribution in [-0.4, -0.2) is 37.2 Å². The highest BCUT2D eigenvalue weighted by molar-refractivity contribution is 5.71. The van der Waals surface area contributed by atoms with Gasteiger partial charge in [-0.1, -0.05) is 324 Å². The van der Waals surface area contributed by atoms with Crippen LogP contribution < -0.4 is 0 Å².